The second-order valence-electron chi connectivity index (χ2n) is 1.49. The van der Waals surface area contributed by atoms with E-state index in [9.17, 15) is 4.79 Å². The summed E-state index contributed by atoms with van der Waals surface area (Å²) in [5, 5.41) is 1.28. The maximum Gasteiger partial charge on any atom is 0.299 e. The van der Waals surface area contributed by atoms with E-state index in [0.717, 1.165) is 5.06 Å². The molecule has 54 valence electrons. The van der Waals surface area contributed by atoms with E-state index in [4.69, 9.17) is 4.74 Å². The number of carbonyl (C=O) groups is 1. The Bertz CT molecular complexity index is 219. The molecule has 0 spiro atoms. The van der Waals surface area contributed by atoms with Gasteiger partial charge < -0.3 is 9.47 Å². The number of methoxy groups -OCH3 is 1. The summed E-state index contributed by atoms with van der Waals surface area (Å²) in [6, 6.07) is 3.42. The summed E-state index contributed by atoms with van der Waals surface area (Å²) in [6.45, 7) is 0.394. The van der Waals surface area contributed by atoms with E-state index < -0.39 is 0 Å². The standard InChI is InChI=1S/C6H6O3S/c1-8-5-2-3-6(10-5)9-4-7/h2-4H,1H3. The van der Waals surface area contributed by atoms with Crippen molar-refractivity contribution in [3.05, 3.63) is 12.1 Å². The highest BCUT2D eigenvalue weighted by Gasteiger charge is 1.97. The first kappa shape index (κ1) is 7.08. The summed E-state index contributed by atoms with van der Waals surface area (Å²) in [6.07, 6.45) is 0. The average Bonchev–Trinajstić information content (AvgIpc) is 2.37. The van der Waals surface area contributed by atoms with Crippen LogP contribution in [0.4, 0.5) is 0 Å². The quantitative estimate of drug-likeness (QED) is 0.622. The molecule has 0 atom stereocenters. The Hall–Kier alpha value is -1.03. The average molecular weight is 158 g/mol. The maximum absolute atomic E-state index is 9.82. The van der Waals surface area contributed by atoms with Crippen LogP contribution in [-0.2, 0) is 4.79 Å². The van der Waals surface area contributed by atoms with Crippen molar-refractivity contribution >= 4 is 17.8 Å². The molecule has 1 aromatic rings. The van der Waals surface area contributed by atoms with Crippen LogP contribution < -0.4 is 9.47 Å². The molecule has 0 saturated carbocycles. The van der Waals surface area contributed by atoms with Crippen LogP contribution in [0.25, 0.3) is 0 Å². The van der Waals surface area contributed by atoms with Crippen molar-refractivity contribution in [3.8, 4) is 10.1 Å². The second-order valence-corrected chi connectivity index (χ2v) is 2.50. The number of hydrogen-bond donors (Lipinski definition) is 0. The minimum Gasteiger partial charge on any atom is -0.487 e. The molecule has 0 aromatic carbocycles. The zero-order valence-electron chi connectivity index (χ0n) is 5.37. The summed E-state index contributed by atoms with van der Waals surface area (Å²) < 4.78 is 9.41. The molecule has 0 radical (unpaired) electrons. The molecule has 4 heteroatoms. The summed E-state index contributed by atoms with van der Waals surface area (Å²) in [4.78, 5) is 9.82. The molecule has 3 nitrogen and oxygen atoms in total. The predicted molar refractivity (Wildman–Crippen MR) is 37.6 cm³/mol. The third-order valence-corrected chi connectivity index (χ3v) is 1.86. The van der Waals surface area contributed by atoms with Gasteiger partial charge in [-0.1, -0.05) is 11.3 Å². The smallest absolute Gasteiger partial charge is 0.299 e. The first-order chi connectivity index (χ1) is 4.86. The monoisotopic (exact) mass is 158 g/mol. The Balaban J connectivity index is 2.67. The molecule has 0 unspecified atom stereocenters. The molecule has 0 bridgehead atoms. The van der Waals surface area contributed by atoms with E-state index in [1.54, 1.807) is 19.2 Å². The van der Waals surface area contributed by atoms with Gasteiger partial charge >= 0.3 is 0 Å². The molecule has 0 N–H and O–H groups in total. The van der Waals surface area contributed by atoms with Crippen molar-refractivity contribution in [1.29, 1.82) is 0 Å². The second kappa shape index (κ2) is 3.22. The third-order valence-electron chi connectivity index (χ3n) is 0.922. The lowest BCUT2D eigenvalue weighted by Gasteiger charge is -1.89. The third kappa shape index (κ3) is 1.48. The van der Waals surface area contributed by atoms with Crippen LogP contribution in [0.15, 0.2) is 12.1 Å². The normalized spacial score (nSPS) is 8.90. The summed E-state index contributed by atoms with van der Waals surface area (Å²) in [5.74, 6) is 0. The highest BCUT2D eigenvalue weighted by Crippen LogP contribution is 2.29. The Morgan fingerprint density at radius 2 is 2.20 bits per heavy atom. The van der Waals surface area contributed by atoms with Crippen LogP contribution in [0.1, 0.15) is 0 Å². The van der Waals surface area contributed by atoms with Gasteiger partial charge in [-0.05, 0) is 12.1 Å². The molecular weight excluding hydrogens is 152 g/mol. The highest BCUT2D eigenvalue weighted by atomic mass is 32.1. The zero-order valence-corrected chi connectivity index (χ0v) is 6.18. The van der Waals surface area contributed by atoms with E-state index in [-0.39, 0.29) is 0 Å². The summed E-state index contributed by atoms with van der Waals surface area (Å²) >= 11 is 1.28. The fourth-order valence-corrected chi connectivity index (χ4v) is 1.16. The molecule has 10 heavy (non-hydrogen) atoms. The molecule has 0 aliphatic carbocycles. The fourth-order valence-electron chi connectivity index (χ4n) is 0.524. The molecule has 0 aliphatic rings. The first-order valence-corrected chi connectivity index (χ1v) is 3.42. The van der Waals surface area contributed by atoms with Crippen LogP contribution in [0.2, 0.25) is 0 Å². The van der Waals surface area contributed by atoms with Gasteiger partial charge in [-0.15, -0.1) is 0 Å². The molecule has 1 heterocycles. The predicted octanol–water partition coefficient (Wildman–Crippen LogP) is 1.29. The Morgan fingerprint density at radius 1 is 1.50 bits per heavy atom. The van der Waals surface area contributed by atoms with Gasteiger partial charge in [0.1, 0.15) is 0 Å². The summed E-state index contributed by atoms with van der Waals surface area (Å²) in [5.41, 5.74) is 0. The van der Waals surface area contributed by atoms with Gasteiger partial charge in [-0.2, -0.15) is 0 Å². The lowest BCUT2D eigenvalue weighted by molar-refractivity contribution is -0.120. The Labute approximate surface area is 62.2 Å². The van der Waals surface area contributed by atoms with Gasteiger partial charge in [0.25, 0.3) is 6.47 Å². The molecule has 1 aromatic heterocycles. The number of ether oxygens (including phenoxy) is 2. The molecule has 0 amide bonds. The van der Waals surface area contributed by atoms with Crippen LogP contribution in [0.5, 0.6) is 10.1 Å². The minimum atomic E-state index is 0.394. The van der Waals surface area contributed by atoms with Crippen molar-refractivity contribution in [1.82, 2.24) is 0 Å². The molecule has 1 rings (SSSR count). The van der Waals surface area contributed by atoms with Crippen molar-refractivity contribution in [3.63, 3.8) is 0 Å². The molecule has 0 saturated heterocycles. The van der Waals surface area contributed by atoms with E-state index in [1.165, 1.54) is 11.3 Å². The molecule has 0 aliphatic heterocycles. The van der Waals surface area contributed by atoms with Crippen molar-refractivity contribution in [2.24, 2.45) is 0 Å². The van der Waals surface area contributed by atoms with E-state index in [1.807, 2.05) is 0 Å². The van der Waals surface area contributed by atoms with Crippen LogP contribution in [-0.4, -0.2) is 13.6 Å². The van der Waals surface area contributed by atoms with Gasteiger partial charge in [-0.25, -0.2) is 0 Å². The zero-order chi connectivity index (χ0) is 7.40. The number of rotatable bonds is 3. The van der Waals surface area contributed by atoms with Crippen molar-refractivity contribution < 1.29 is 14.3 Å². The SMILES string of the molecule is COc1ccc(OC=O)s1. The number of thiophene rings is 1. The Kier molecular flexibility index (Phi) is 2.28. The highest BCUT2D eigenvalue weighted by molar-refractivity contribution is 7.15. The van der Waals surface area contributed by atoms with Crippen molar-refractivity contribution in [2.75, 3.05) is 7.11 Å². The molecule has 0 fully saturated rings. The summed E-state index contributed by atoms with van der Waals surface area (Å²) in [7, 11) is 1.57. The topological polar surface area (TPSA) is 35.5 Å². The van der Waals surface area contributed by atoms with Crippen LogP contribution in [0, 0.1) is 0 Å². The maximum atomic E-state index is 9.82. The lowest BCUT2D eigenvalue weighted by Crippen LogP contribution is -1.82. The van der Waals surface area contributed by atoms with Gasteiger partial charge in [0.05, 0.1) is 7.11 Å². The van der Waals surface area contributed by atoms with Crippen molar-refractivity contribution in [2.45, 2.75) is 0 Å². The van der Waals surface area contributed by atoms with Gasteiger partial charge in [0.15, 0.2) is 10.1 Å². The van der Waals surface area contributed by atoms with Crippen LogP contribution >= 0.6 is 11.3 Å². The fraction of sp³-hybridized carbons (Fsp3) is 0.167. The van der Waals surface area contributed by atoms with E-state index >= 15 is 0 Å². The van der Waals surface area contributed by atoms with E-state index in [2.05, 4.69) is 4.74 Å². The number of hydrogen-bond acceptors (Lipinski definition) is 4. The minimum absolute atomic E-state index is 0.394. The van der Waals surface area contributed by atoms with E-state index in [0.29, 0.717) is 11.5 Å². The van der Waals surface area contributed by atoms with Gasteiger partial charge in [0, 0.05) is 0 Å². The largest absolute Gasteiger partial charge is 0.487 e. The molecular formula is C6H6O3S. The first-order valence-electron chi connectivity index (χ1n) is 2.61. The van der Waals surface area contributed by atoms with Crippen LogP contribution in [0.3, 0.4) is 0 Å². The lowest BCUT2D eigenvalue weighted by atomic mass is 10.6. The van der Waals surface area contributed by atoms with Gasteiger partial charge in [-0.3, -0.25) is 4.79 Å². The van der Waals surface area contributed by atoms with Gasteiger partial charge in [0.2, 0.25) is 0 Å². The Morgan fingerprint density at radius 3 is 2.70 bits per heavy atom. The number of carbonyl (C=O) groups excluding carboxylic acids is 1.